The van der Waals surface area contributed by atoms with Crippen LogP contribution in [0.4, 0.5) is 0 Å². The molecule has 1 aromatic carbocycles. The molecule has 0 atom stereocenters. The molecule has 0 spiro atoms. The van der Waals surface area contributed by atoms with Crippen LogP contribution < -0.4 is 5.32 Å². The third-order valence-electron chi connectivity index (χ3n) is 4.13. The second-order valence-corrected chi connectivity index (χ2v) is 5.60. The third-order valence-corrected chi connectivity index (χ3v) is 4.13. The fourth-order valence-electron chi connectivity index (χ4n) is 2.78. The zero-order chi connectivity index (χ0) is 15.7. The molecule has 0 bridgehead atoms. The maximum atomic E-state index is 12.2. The molecule has 3 rings (SSSR count). The van der Waals surface area contributed by atoms with Crippen molar-refractivity contribution in [3.05, 3.63) is 46.3 Å². The van der Waals surface area contributed by atoms with Crippen LogP contribution >= 0.6 is 0 Å². The Morgan fingerprint density at radius 1 is 1.36 bits per heavy atom. The van der Waals surface area contributed by atoms with Crippen LogP contribution in [0.15, 0.2) is 18.2 Å². The van der Waals surface area contributed by atoms with E-state index in [1.54, 1.807) is 0 Å². The molecule has 1 aromatic heterocycles. The minimum atomic E-state index is -0.343. The molecule has 0 amide bonds. The van der Waals surface area contributed by atoms with Gasteiger partial charge in [0.1, 0.15) is 0 Å². The van der Waals surface area contributed by atoms with Gasteiger partial charge in [-0.05, 0) is 44.0 Å². The number of nitrogens with one attached hydrogen (secondary N) is 1. The summed E-state index contributed by atoms with van der Waals surface area (Å²) in [6.07, 6.45) is 0.856. The fourth-order valence-corrected chi connectivity index (χ4v) is 2.78. The van der Waals surface area contributed by atoms with E-state index >= 15 is 0 Å². The number of carbonyl (C=O) groups is 1. The van der Waals surface area contributed by atoms with Gasteiger partial charge in [-0.2, -0.15) is 5.10 Å². The molecule has 2 heterocycles. The van der Waals surface area contributed by atoms with Crippen molar-refractivity contribution < 1.29 is 9.53 Å². The quantitative estimate of drug-likeness (QED) is 0.884. The van der Waals surface area contributed by atoms with E-state index in [9.17, 15) is 4.79 Å². The number of nitrogens with zero attached hydrogens (tertiary/aromatic N) is 2. The maximum Gasteiger partial charge on any atom is 0.359 e. The number of benzene rings is 1. The van der Waals surface area contributed by atoms with E-state index in [2.05, 4.69) is 36.4 Å². The molecule has 0 saturated heterocycles. The minimum Gasteiger partial charge on any atom is -0.461 e. The average Bonchev–Trinajstić information content (AvgIpc) is 2.90. The summed E-state index contributed by atoms with van der Waals surface area (Å²) >= 11 is 0. The van der Waals surface area contributed by atoms with Crippen LogP contribution in [0.5, 0.6) is 0 Å². The van der Waals surface area contributed by atoms with E-state index in [0.29, 0.717) is 18.8 Å². The van der Waals surface area contributed by atoms with Gasteiger partial charge in [0.15, 0.2) is 5.69 Å². The Bertz CT molecular complexity index is 719. The van der Waals surface area contributed by atoms with Crippen LogP contribution in [-0.4, -0.2) is 28.9 Å². The highest BCUT2D eigenvalue weighted by atomic mass is 16.5. The molecule has 1 aliphatic rings. The number of fused-ring (bicyclic) bond motifs is 1. The van der Waals surface area contributed by atoms with Crippen LogP contribution in [-0.2, 0) is 17.7 Å². The highest BCUT2D eigenvalue weighted by Crippen LogP contribution is 2.24. The van der Waals surface area contributed by atoms with Crippen molar-refractivity contribution in [3.63, 3.8) is 0 Å². The number of hydrogen-bond donors (Lipinski definition) is 1. The molecular weight excluding hydrogens is 278 g/mol. The van der Waals surface area contributed by atoms with Crippen molar-refractivity contribution >= 4 is 5.97 Å². The van der Waals surface area contributed by atoms with Crippen molar-refractivity contribution in [1.29, 1.82) is 0 Å². The van der Waals surface area contributed by atoms with E-state index in [0.717, 1.165) is 29.9 Å². The lowest BCUT2D eigenvalue weighted by atomic mass is 10.1. The van der Waals surface area contributed by atoms with Gasteiger partial charge in [0.2, 0.25) is 0 Å². The normalized spacial score (nSPS) is 13.8. The SMILES string of the molecule is CCOC(=O)c1nn(-c2ccc(C)c(C)c2)c2c1CNCC2. The summed E-state index contributed by atoms with van der Waals surface area (Å²) in [5, 5.41) is 7.86. The predicted molar refractivity (Wildman–Crippen MR) is 84.4 cm³/mol. The Labute approximate surface area is 130 Å². The molecule has 1 N–H and O–H groups in total. The summed E-state index contributed by atoms with van der Waals surface area (Å²) < 4.78 is 7.04. The molecule has 0 saturated carbocycles. The van der Waals surface area contributed by atoms with Gasteiger partial charge in [-0.1, -0.05) is 6.07 Å². The Balaban J connectivity index is 2.11. The van der Waals surface area contributed by atoms with Gasteiger partial charge >= 0.3 is 5.97 Å². The van der Waals surface area contributed by atoms with Crippen molar-refractivity contribution in [1.82, 2.24) is 15.1 Å². The summed E-state index contributed by atoms with van der Waals surface area (Å²) in [5.41, 5.74) is 5.96. The van der Waals surface area contributed by atoms with Crippen molar-refractivity contribution in [2.45, 2.75) is 33.7 Å². The lowest BCUT2D eigenvalue weighted by Crippen LogP contribution is -2.25. The second-order valence-electron chi connectivity index (χ2n) is 5.60. The lowest BCUT2D eigenvalue weighted by Gasteiger charge is -2.16. The highest BCUT2D eigenvalue weighted by molar-refractivity contribution is 5.89. The van der Waals surface area contributed by atoms with Gasteiger partial charge in [-0.15, -0.1) is 0 Å². The summed E-state index contributed by atoms with van der Waals surface area (Å²) in [6.45, 7) is 7.90. The Morgan fingerprint density at radius 3 is 2.91 bits per heavy atom. The minimum absolute atomic E-state index is 0.343. The Kier molecular flexibility index (Phi) is 3.98. The molecule has 2 aromatic rings. The highest BCUT2D eigenvalue weighted by Gasteiger charge is 2.26. The molecule has 116 valence electrons. The second kappa shape index (κ2) is 5.93. The van der Waals surface area contributed by atoms with Gasteiger partial charge < -0.3 is 10.1 Å². The number of aromatic nitrogens is 2. The third kappa shape index (κ3) is 2.52. The van der Waals surface area contributed by atoms with Crippen molar-refractivity contribution in [2.24, 2.45) is 0 Å². The van der Waals surface area contributed by atoms with Crippen molar-refractivity contribution in [3.8, 4) is 5.69 Å². The summed E-state index contributed by atoms with van der Waals surface area (Å²) in [6, 6.07) is 6.25. The first-order chi connectivity index (χ1) is 10.6. The largest absolute Gasteiger partial charge is 0.461 e. The van der Waals surface area contributed by atoms with Gasteiger partial charge in [-0.3, -0.25) is 0 Å². The van der Waals surface area contributed by atoms with Crippen LogP contribution in [0.3, 0.4) is 0 Å². The monoisotopic (exact) mass is 299 g/mol. The van der Waals surface area contributed by atoms with E-state index in [1.165, 1.54) is 11.1 Å². The van der Waals surface area contributed by atoms with Gasteiger partial charge in [0.05, 0.1) is 18.0 Å². The van der Waals surface area contributed by atoms with Gasteiger partial charge in [-0.25, -0.2) is 9.48 Å². The summed E-state index contributed by atoms with van der Waals surface area (Å²) in [4.78, 5) is 12.2. The molecule has 1 aliphatic heterocycles. The van der Waals surface area contributed by atoms with Crippen LogP contribution in [0.1, 0.15) is 39.8 Å². The fraction of sp³-hybridized carbons (Fsp3) is 0.412. The molecule has 0 fully saturated rings. The van der Waals surface area contributed by atoms with Crippen LogP contribution in [0.25, 0.3) is 5.69 Å². The van der Waals surface area contributed by atoms with E-state index in [1.807, 2.05) is 17.7 Å². The number of ether oxygens (including phenoxy) is 1. The average molecular weight is 299 g/mol. The van der Waals surface area contributed by atoms with E-state index in [4.69, 9.17) is 4.74 Å². The smallest absolute Gasteiger partial charge is 0.359 e. The molecule has 5 nitrogen and oxygen atoms in total. The molecule has 0 aliphatic carbocycles. The zero-order valence-corrected chi connectivity index (χ0v) is 13.3. The molecule has 0 radical (unpaired) electrons. The topological polar surface area (TPSA) is 56.1 Å². The summed E-state index contributed by atoms with van der Waals surface area (Å²) in [7, 11) is 0. The molecular formula is C17H21N3O2. The molecule has 5 heteroatoms. The van der Waals surface area contributed by atoms with Crippen LogP contribution in [0.2, 0.25) is 0 Å². The predicted octanol–water partition coefficient (Wildman–Crippen LogP) is 2.31. The van der Waals surface area contributed by atoms with Crippen LogP contribution in [0, 0.1) is 13.8 Å². The number of hydrogen-bond acceptors (Lipinski definition) is 4. The molecule has 0 unspecified atom stereocenters. The first kappa shape index (κ1) is 14.8. The molecule has 22 heavy (non-hydrogen) atoms. The van der Waals surface area contributed by atoms with E-state index < -0.39 is 0 Å². The number of carbonyl (C=O) groups excluding carboxylic acids is 1. The lowest BCUT2D eigenvalue weighted by molar-refractivity contribution is 0.0517. The zero-order valence-electron chi connectivity index (χ0n) is 13.3. The number of aryl methyl sites for hydroxylation is 2. The first-order valence-electron chi connectivity index (χ1n) is 7.68. The number of rotatable bonds is 3. The Hall–Kier alpha value is -2.14. The Morgan fingerprint density at radius 2 is 2.18 bits per heavy atom. The number of esters is 1. The summed E-state index contributed by atoms with van der Waals surface area (Å²) in [5.74, 6) is -0.343. The van der Waals surface area contributed by atoms with Gasteiger partial charge in [0, 0.05) is 25.1 Å². The van der Waals surface area contributed by atoms with Crippen molar-refractivity contribution in [2.75, 3.05) is 13.2 Å². The standard InChI is InChI=1S/C17H21N3O2/c1-4-22-17(21)16-14-10-18-8-7-15(14)20(19-16)13-6-5-11(2)12(3)9-13/h5-6,9,18H,4,7-8,10H2,1-3H3. The first-order valence-corrected chi connectivity index (χ1v) is 7.68. The van der Waals surface area contributed by atoms with E-state index in [-0.39, 0.29) is 5.97 Å². The maximum absolute atomic E-state index is 12.2. The van der Waals surface area contributed by atoms with Gasteiger partial charge in [0.25, 0.3) is 0 Å².